The van der Waals surface area contributed by atoms with Gasteiger partial charge in [-0.2, -0.15) is 0 Å². The van der Waals surface area contributed by atoms with E-state index in [1.807, 2.05) is 0 Å². The van der Waals surface area contributed by atoms with Crippen molar-refractivity contribution in [1.29, 1.82) is 0 Å². The third-order valence-corrected chi connectivity index (χ3v) is 1.39. The number of nitrogens with zero attached hydrogens (tertiary/aromatic N) is 1. The summed E-state index contributed by atoms with van der Waals surface area (Å²) in [6, 6.07) is 3.25. The van der Waals surface area contributed by atoms with E-state index in [4.69, 9.17) is 10.5 Å². The van der Waals surface area contributed by atoms with Crippen molar-refractivity contribution >= 4 is 12.4 Å². The minimum Gasteiger partial charge on any atom is -0.472 e. The van der Waals surface area contributed by atoms with Crippen LogP contribution in [0.5, 0.6) is 5.88 Å². The Morgan fingerprint density at radius 1 is 1.50 bits per heavy atom. The minimum atomic E-state index is -2.48. The summed E-state index contributed by atoms with van der Waals surface area (Å²) >= 11 is 0. The Labute approximate surface area is 86.7 Å². The van der Waals surface area contributed by atoms with Crippen molar-refractivity contribution in [2.24, 2.45) is 5.73 Å². The summed E-state index contributed by atoms with van der Waals surface area (Å²) in [5.74, 6) is 0.184. The fourth-order valence-electron chi connectivity index (χ4n) is 0.805. The van der Waals surface area contributed by atoms with Gasteiger partial charge in [-0.3, -0.25) is 0 Å². The maximum Gasteiger partial charge on any atom is 0.272 e. The lowest BCUT2D eigenvalue weighted by molar-refractivity contribution is 0.0795. The molecule has 80 valence electrons. The molecule has 1 rings (SSSR count). The lowest BCUT2D eigenvalue weighted by atomic mass is 10.3. The second-order valence-corrected chi connectivity index (χ2v) is 2.41. The van der Waals surface area contributed by atoms with Crippen molar-refractivity contribution in [2.75, 3.05) is 6.61 Å². The quantitative estimate of drug-likeness (QED) is 0.845. The van der Waals surface area contributed by atoms with Crippen LogP contribution in [0.2, 0.25) is 0 Å². The van der Waals surface area contributed by atoms with Gasteiger partial charge in [0.2, 0.25) is 5.88 Å². The summed E-state index contributed by atoms with van der Waals surface area (Å²) in [7, 11) is 0. The van der Waals surface area contributed by atoms with Crippen LogP contribution in [0, 0.1) is 0 Å². The zero-order chi connectivity index (χ0) is 9.68. The van der Waals surface area contributed by atoms with Gasteiger partial charge in [-0.15, -0.1) is 12.4 Å². The number of hydrogen-bond acceptors (Lipinski definition) is 3. The van der Waals surface area contributed by atoms with Crippen LogP contribution < -0.4 is 10.5 Å². The summed E-state index contributed by atoms with van der Waals surface area (Å²) in [4.78, 5) is 3.75. The molecule has 0 unspecified atom stereocenters. The first-order chi connectivity index (χ1) is 6.22. The molecule has 0 saturated carbocycles. The molecule has 0 aliphatic heterocycles. The molecule has 14 heavy (non-hydrogen) atoms. The van der Waals surface area contributed by atoms with Crippen molar-refractivity contribution in [2.45, 2.75) is 13.0 Å². The van der Waals surface area contributed by atoms with Gasteiger partial charge in [-0.05, 0) is 11.6 Å². The summed E-state index contributed by atoms with van der Waals surface area (Å²) < 4.78 is 28.1. The lowest BCUT2D eigenvalue weighted by Crippen LogP contribution is -2.08. The highest BCUT2D eigenvalue weighted by atomic mass is 35.5. The molecule has 0 radical (unpaired) electrons. The molecule has 6 heteroatoms. The molecule has 1 heterocycles. The van der Waals surface area contributed by atoms with Crippen LogP contribution >= 0.6 is 12.4 Å². The number of ether oxygens (including phenoxy) is 1. The molecule has 0 atom stereocenters. The van der Waals surface area contributed by atoms with Crippen molar-refractivity contribution in [1.82, 2.24) is 4.98 Å². The van der Waals surface area contributed by atoms with Gasteiger partial charge in [-0.1, -0.05) is 0 Å². The van der Waals surface area contributed by atoms with E-state index in [1.165, 1.54) is 6.20 Å². The van der Waals surface area contributed by atoms with Crippen molar-refractivity contribution < 1.29 is 13.5 Å². The fourth-order valence-corrected chi connectivity index (χ4v) is 0.805. The largest absolute Gasteiger partial charge is 0.472 e. The van der Waals surface area contributed by atoms with E-state index in [0.29, 0.717) is 6.54 Å². The number of halogens is 3. The first kappa shape index (κ1) is 13.1. The van der Waals surface area contributed by atoms with E-state index in [1.54, 1.807) is 12.1 Å². The number of alkyl halides is 2. The van der Waals surface area contributed by atoms with Gasteiger partial charge >= 0.3 is 0 Å². The highest BCUT2D eigenvalue weighted by Crippen LogP contribution is 2.09. The standard InChI is InChI=1S/C8H10F2N2O.ClH/c9-7(10)5-13-8-3-6(4-11)1-2-12-8;/h1-3,7H,4-5,11H2;1H. The van der Waals surface area contributed by atoms with E-state index in [9.17, 15) is 8.78 Å². The number of pyridine rings is 1. The first-order valence-corrected chi connectivity index (χ1v) is 3.78. The zero-order valence-electron chi connectivity index (χ0n) is 7.32. The Kier molecular flexibility index (Phi) is 6.07. The number of rotatable bonds is 4. The summed E-state index contributed by atoms with van der Waals surface area (Å²) in [6.45, 7) is -0.297. The van der Waals surface area contributed by atoms with Gasteiger partial charge < -0.3 is 10.5 Å². The van der Waals surface area contributed by atoms with Crippen LogP contribution in [0.15, 0.2) is 18.3 Å². The molecular weight excluding hydrogens is 214 g/mol. The Morgan fingerprint density at radius 2 is 2.21 bits per heavy atom. The van der Waals surface area contributed by atoms with Crippen LogP contribution in [0.4, 0.5) is 8.78 Å². The van der Waals surface area contributed by atoms with Crippen molar-refractivity contribution in [3.8, 4) is 5.88 Å². The van der Waals surface area contributed by atoms with E-state index in [0.717, 1.165) is 5.56 Å². The molecule has 2 N–H and O–H groups in total. The monoisotopic (exact) mass is 224 g/mol. The van der Waals surface area contributed by atoms with E-state index in [2.05, 4.69) is 4.98 Å². The average Bonchev–Trinajstić information content (AvgIpc) is 2.15. The van der Waals surface area contributed by atoms with E-state index < -0.39 is 13.0 Å². The Morgan fingerprint density at radius 3 is 2.79 bits per heavy atom. The molecule has 0 aliphatic carbocycles. The summed E-state index contributed by atoms with van der Waals surface area (Å²) in [5.41, 5.74) is 6.15. The molecule has 0 fully saturated rings. The van der Waals surface area contributed by atoms with Gasteiger partial charge in [-0.25, -0.2) is 13.8 Å². The molecule has 0 spiro atoms. The predicted octanol–water partition coefficient (Wildman–Crippen LogP) is 1.61. The van der Waals surface area contributed by atoms with Crippen LogP contribution in [-0.2, 0) is 6.54 Å². The minimum absolute atomic E-state index is 0. The number of nitrogens with two attached hydrogens (primary N) is 1. The lowest BCUT2D eigenvalue weighted by Gasteiger charge is -2.04. The summed E-state index contributed by atoms with van der Waals surface area (Å²) in [6.07, 6.45) is -1.01. The second-order valence-electron chi connectivity index (χ2n) is 2.41. The SMILES string of the molecule is Cl.NCc1ccnc(OCC(F)F)c1. The number of aromatic nitrogens is 1. The van der Waals surface area contributed by atoms with Crippen LogP contribution in [0.3, 0.4) is 0 Å². The maximum absolute atomic E-state index is 11.7. The van der Waals surface area contributed by atoms with Crippen molar-refractivity contribution in [3.63, 3.8) is 0 Å². The Bertz CT molecular complexity index is 273. The predicted molar refractivity (Wildman–Crippen MR) is 50.9 cm³/mol. The Balaban J connectivity index is 0.00000169. The molecule has 0 aliphatic rings. The third kappa shape index (κ3) is 4.34. The molecule has 0 bridgehead atoms. The van der Waals surface area contributed by atoms with Gasteiger partial charge in [0.1, 0.15) is 0 Å². The fraction of sp³-hybridized carbons (Fsp3) is 0.375. The zero-order valence-corrected chi connectivity index (χ0v) is 8.14. The molecule has 3 nitrogen and oxygen atoms in total. The van der Waals surface area contributed by atoms with Crippen molar-refractivity contribution in [3.05, 3.63) is 23.9 Å². The van der Waals surface area contributed by atoms with E-state index >= 15 is 0 Å². The van der Waals surface area contributed by atoms with Gasteiger partial charge in [0, 0.05) is 18.8 Å². The topological polar surface area (TPSA) is 48.1 Å². The summed E-state index contributed by atoms with van der Waals surface area (Å²) in [5, 5.41) is 0. The van der Waals surface area contributed by atoms with Gasteiger partial charge in [0.25, 0.3) is 6.43 Å². The normalized spacial score (nSPS) is 9.71. The average molecular weight is 225 g/mol. The van der Waals surface area contributed by atoms with E-state index in [-0.39, 0.29) is 18.3 Å². The third-order valence-electron chi connectivity index (χ3n) is 1.39. The highest BCUT2D eigenvalue weighted by Gasteiger charge is 2.04. The molecule has 0 aromatic carbocycles. The number of hydrogen-bond donors (Lipinski definition) is 1. The van der Waals surface area contributed by atoms with Crippen LogP contribution in [-0.4, -0.2) is 18.0 Å². The van der Waals surface area contributed by atoms with Crippen LogP contribution in [0.1, 0.15) is 5.56 Å². The van der Waals surface area contributed by atoms with Crippen LogP contribution in [0.25, 0.3) is 0 Å². The van der Waals surface area contributed by atoms with Gasteiger partial charge in [0.05, 0.1) is 0 Å². The highest BCUT2D eigenvalue weighted by molar-refractivity contribution is 5.85. The van der Waals surface area contributed by atoms with Gasteiger partial charge in [0.15, 0.2) is 6.61 Å². The molecule has 1 aromatic heterocycles. The molecule has 1 aromatic rings. The molecule has 0 amide bonds. The maximum atomic E-state index is 11.7. The second kappa shape index (κ2) is 6.50. The first-order valence-electron chi connectivity index (χ1n) is 3.78. The Hall–Kier alpha value is -0.940. The molecule has 0 saturated heterocycles. The molecular formula is C8H11ClF2N2O. The smallest absolute Gasteiger partial charge is 0.272 e.